The fraction of sp³-hybridized carbons (Fsp3) is 0.0500. The Bertz CT molecular complexity index is 1310. The van der Waals surface area contributed by atoms with Crippen molar-refractivity contribution in [2.75, 3.05) is 6.26 Å². The van der Waals surface area contributed by atoms with Crippen LogP contribution in [0.15, 0.2) is 79.2 Å². The van der Waals surface area contributed by atoms with Crippen LogP contribution in [0, 0.1) is 0 Å². The van der Waals surface area contributed by atoms with Crippen LogP contribution in [0.3, 0.4) is 0 Å². The molecule has 0 saturated heterocycles. The normalized spacial score (nSPS) is 11.8. The average Bonchev–Trinajstić information content (AvgIpc) is 3.07. The molecule has 5 nitrogen and oxygen atoms in total. The van der Waals surface area contributed by atoms with Gasteiger partial charge >= 0.3 is 0 Å². The Balaban J connectivity index is 2.03. The maximum absolute atomic E-state index is 13.1. The second-order valence-electron chi connectivity index (χ2n) is 6.03. The Morgan fingerprint density at radius 1 is 0.889 bits per heavy atom. The van der Waals surface area contributed by atoms with Gasteiger partial charge in [-0.05, 0) is 60.1 Å². The van der Waals surface area contributed by atoms with Crippen LogP contribution in [0.25, 0.3) is 33.6 Å². The van der Waals surface area contributed by atoms with Crippen LogP contribution in [0.5, 0.6) is 0 Å². The largest absolute Gasteiger partial charge is 0.455 e. The van der Waals surface area contributed by atoms with Gasteiger partial charge < -0.3 is 8.83 Å². The summed E-state index contributed by atoms with van der Waals surface area (Å²) >= 11 is 5.88. The van der Waals surface area contributed by atoms with Crippen LogP contribution < -0.4 is 5.43 Å². The van der Waals surface area contributed by atoms with E-state index in [4.69, 9.17) is 20.4 Å². The molecule has 0 spiro atoms. The van der Waals surface area contributed by atoms with E-state index in [1.165, 1.54) is 12.1 Å². The third-order valence-electron chi connectivity index (χ3n) is 4.16. The summed E-state index contributed by atoms with van der Waals surface area (Å²) in [6.45, 7) is 0. The fourth-order valence-electron chi connectivity index (χ4n) is 2.87. The monoisotopic (exact) mass is 400 g/mol. The van der Waals surface area contributed by atoms with E-state index in [1.54, 1.807) is 48.5 Å². The van der Waals surface area contributed by atoms with Crippen molar-refractivity contribution in [2.45, 2.75) is 4.90 Å². The molecule has 0 aliphatic heterocycles. The lowest BCUT2D eigenvalue weighted by Crippen LogP contribution is -2.07. The SMILES string of the molecule is CS(=O)(=O)c1ccc(-c2oc3ccccc3c(=O)c2-c2ccc(Cl)o2)cc1. The molecule has 2 aromatic carbocycles. The van der Waals surface area contributed by atoms with Crippen LogP contribution in [0.4, 0.5) is 0 Å². The smallest absolute Gasteiger partial charge is 0.204 e. The number of sulfone groups is 1. The number of halogens is 1. The molecule has 0 fully saturated rings. The van der Waals surface area contributed by atoms with Crippen molar-refractivity contribution in [1.29, 1.82) is 0 Å². The highest BCUT2D eigenvalue weighted by Crippen LogP contribution is 2.34. The Hall–Kier alpha value is -2.83. The summed E-state index contributed by atoms with van der Waals surface area (Å²) in [4.78, 5) is 13.3. The fourth-order valence-corrected chi connectivity index (χ4v) is 3.65. The highest BCUT2D eigenvalue weighted by atomic mass is 35.5. The molecule has 0 bridgehead atoms. The minimum absolute atomic E-state index is 0.149. The van der Waals surface area contributed by atoms with Crippen molar-refractivity contribution in [3.05, 3.63) is 76.1 Å². The molecule has 4 rings (SSSR count). The van der Waals surface area contributed by atoms with Gasteiger partial charge in [0.05, 0.1) is 10.3 Å². The van der Waals surface area contributed by atoms with Gasteiger partial charge in [0.15, 0.2) is 15.1 Å². The van der Waals surface area contributed by atoms with E-state index in [2.05, 4.69) is 0 Å². The minimum atomic E-state index is -3.33. The first-order valence-electron chi connectivity index (χ1n) is 7.96. The maximum Gasteiger partial charge on any atom is 0.204 e. The predicted octanol–water partition coefficient (Wildman–Crippen LogP) is 4.78. The van der Waals surface area contributed by atoms with Gasteiger partial charge in [-0.2, -0.15) is 0 Å². The predicted molar refractivity (Wildman–Crippen MR) is 104 cm³/mol. The molecule has 0 amide bonds. The third kappa shape index (κ3) is 3.18. The number of fused-ring (bicyclic) bond motifs is 1. The molecule has 27 heavy (non-hydrogen) atoms. The summed E-state index contributed by atoms with van der Waals surface area (Å²) in [6, 6.07) is 16.2. The van der Waals surface area contributed by atoms with Crippen molar-refractivity contribution >= 4 is 32.4 Å². The first kappa shape index (κ1) is 17.6. The average molecular weight is 401 g/mol. The van der Waals surface area contributed by atoms with Crippen LogP contribution in [-0.2, 0) is 9.84 Å². The first-order valence-corrected chi connectivity index (χ1v) is 10.2. The molecule has 7 heteroatoms. The molecule has 0 N–H and O–H groups in total. The second-order valence-corrected chi connectivity index (χ2v) is 8.42. The van der Waals surface area contributed by atoms with E-state index >= 15 is 0 Å². The molecule has 2 heterocycles. The van der Waals surface area contributed by atoms with Gasteiger partial charge in [0.1, 0.15) is 22.7 Å². The molecule has 0 aliphatic carbocycles. The van der Waals surface area contributed by atoms with Gasteiger partial charge in [0, 0.05) is 11.8 Å². The molecule has 136 valence electrons. The summed E-state index contributed by atoms with van der Waals surface area (Å²) in [7, 11) is -3.33. The Labute approximate surface area is 159 Å². The number of hydrogen-bond donors (Lipinski definition) is 0. The Morgan fingerprint density at radius 2 is 1.59 bits per heavy atom. The van der Waals surface area contributed by atoms with E-state index in [0.29, 0.717) is 16.5 Å². The van der Waals surface area contributed by atoms with Gasteiger partial charge in [-0.3, -0.25) is 4.79 Å². The van der Waals surface area contributed by atoms with Crippen LogP contribution >= 0.6 is 11.6 Å². The summed E-state index contributed by atoms with van der Waals surface area (Å²) in [5, 5.41) is 0.562. The molecule has 4 aromatic rings. The van der Waals surface area contributed by atoms with E-state index in [1.807, 2.05) is 0 Å². The van der Waals surface area contributed by atoms with Crippen molar-refractivity contribution in [3.63, 3.8) is 0 Å². The molecular weight excluding hydrogens is 388 g/mol. The molecular formula is C20H13ClO5S. The second kappa shape index (κ2) is 6.40. The minimum Gasteiger partial charge on any atom is -0.455 e. The highest BCUT2D eigenvalue weighted by Gasteiger charge is 2.21. The van der Waals surface area contributed by atoms with Crippen molar-refractivity contribution in [3.8, 4) is 22.6 Å². The zero-order valence-corrected chi connectivity index (χ0v) is 15.7. The molecule has 0 atom stereocenters. The van der Waals surface area contributed by atoms with Crippen molar-refractivity contribution in [1.82, 2.24) is 0 Å². The van der Waals surface area contributed by atoms with Crippen LogP contribution in [0.1, 0.15) is 0 Å². The number of rotatable bonds is 3. The zero-order chi connectivity index (χ0) is 19.2. The summed E-state index contributed by atoms with van der Waals surface area (Å²) < 4.78 is 34.8. The first-order chi connectivity index (χ1) is 12.8. The number of benzene rings is 2. The molecule has 0 aliphatic rings. The standard InChI is InChI=1S/C20H13ClO5S/c1-27(23,24)13-8-6-12(7-9-13)20-18(16-10-11-17(21)25-16)19(22)14-4-2-3-5-15(14)26-20/h2-11H,1H3. The molecule has 0 saturated carbocycles. The van der Waals surface area contributed by atoms with E-state index in [-0.39, 0.29) is 32.6 Å². The summed E-state index contributed by atoms with van der Waals surface area (Å²) in [6.07, 6.45) is 1.13. The zero-order valence-electron chi connectivity index (χ0n) is 14.1. The summed E-state index contributed by atoms with van der Waals surface area (Å²) in [5.74, 6) is 0.562. The molecule has 2 aromatic heterocycles. The highest BCUT2D eigenvalue weighted by molar-refractivity contribution is 7.90. The van der Waals surface area contributed by atoms with E-state index in [0.717, 1.165) is 6.26 Å². The Kier molecular flexibility index (Phi) is 4.17. The van der Waals surface area contributed by atoms with Gasteiger partial charge in [-0.15, -0.1) is 0 Å². The van der Waals surface area contributed by atoms with Gasteiger partial charge in [-0.1, -0.05) is 12.1 Å². The number of hydrogen-bond acceptors (Lipinski definition) is 5. The molecule has 0 unspecified atom stereocenters. The lowest BCUT2D eigenvalue weighted by molar-refractivity contribution is 0.575. The topological polar surface area (TPSA) is 77.5 Å². The summed E-state index contributed by atoms with van der Waals surface area (Å²) in [5.41, 5.74) is 0.941. The van der Waals surface area contributed by atoms with Gasteiger partial charge in [0.2, 0.25) is 5.43 Å². The van der Waals surface area contributed by atoms with Crippen LogP contribution in [0.2, 0.25) is 5.22 Å². The van der Waals surface area contributed by atoms with Crippen molar-refractivity contribution in [2.24, 2.45) is 0 Å². The van der Waals surface area contributed by atoms with Gasteiger partial charge in [-0.25, -0.2) is 8.42 Å². The third-order valence-corrected chi connectivity index (χ3v) is 5.49. The number of para-hydroxylation sites is 1. The number of furan rings is 1. The lowest BCUT2D eigenvalue weighted by atomic mass is 10.0. The van der Waals surface area contributed by atoms with Crippen LogP contribution in [-0.4, -0.2) is 14.7 Å². The Morgan fingerprint density at radius 3 is 2.22 bits per heavy atom. The lowest BCUT2D eigenvalue weighted by Gasteiger charge is -2.09. The van der Waals surface area contributed by atoms with E-state index in [9.17, 15) is 13.2 Å². The van der Waals surface area contributed by atoms with E-state index < -0.39 is 9.84 Å². The van der Waals surface area contributed by atoms with Crippen molar-refractivity contribution < 1.29 is 17.3 Å². The quantitative estimate of drug-likeness (QED) is 0.494. The maximum atomic E-state index is 13.1. The molecule has 0 radical (unpaired) electrons. The van der Waals surface area contributed by atoms with Gasteiger partial charge in [0.25, 0.3) is 0 Å².